The number of hydrogen-bond donors (Lipinski definition) is 1. The van der Waals surface area contributed by atoms with Crippen LogP contribution in [0.3, 0.4) is 0 Å². The number of carbonyl (C=O) groups is 3. The first-order valence-corrected chi connectivity index (χ1v) is 8.90. The number of rotatable bonds is 10. The van der Waals surface area contributed by atoms with E-state index in [9.17, 15) is 14.4 Å². The molecule has 0 bridgehead atoms. The molecule has 2 rings (SSSR count). The van der Waals surface area contributed by atoms with E-state index in [1.807, 2.05) is 11.8 Å². The van der Waals surface area contributed by atoms with Crippen molar-refractivity contribution in [3.8, 4) is 5.75 Å². The maximum Gasteiger partial charge on any atom is 0.222 e. The Hall–Kier alpha value is -2.37. The molecular formula is C19H26N2O4. The number of amides is 2. The Morgan fingerprint density at radius 1 is 1.20 bits per heavy atom. The fourth-order valence-electron chi connectivity index (χ4n) is 2.80. The molecule has 136 valence electrons. The highest BCUT2D eigenvalue weighted by atomic mass is 16.5. The summed E-state index contributed by atoms with van der Waals surface area (Å²) in [7, 11) is 0. The van der Waals surface area contributed by atoms with E-state index in [1.165, 1.54) is 0 Å². The number of ketones is 1. The fraction of sp³-hybridized carbons (Fsp3) is 0.526. The summed E-state index contributed by atoms with van der Waals surface area (Å²) in [5.41, 5.74) is 0.587. The number of carbonyl (C=O) groups excluding carboxylic acids is 3. The second-order valence-electron chi connectivity index (χ2n) is 6.07. The monoisotopic (exact) mass is 346 g/mol. The van der Waals surface area contributed by atoms with Gasteiger partial charge in [0, 0.05) is 44.5 Å². The minimum atomic E-state index is -0.132. The molecule has 0 aliphatic carbocycles. The van der Waals surface area contributed by atoms with E-state index in [-0.39, 0.29) is 30.4 Å². The summed E-state index contributed by atoms with van der Waals surface area (Å²) < 4.78 is 5.34. The van der Waals surface area contributed by atoms with Crippen LogP contribution in [0.5, 0.6) is 5.75 Å². The molecule has 1 aliphatic heterocycles. The summed E-state index contributed by atoms with van der Waals surface area (Å²) in [6, 6.07) is 6.96. The molecule has 6 nitrogen and oxygen atoms in total. The van der Waals surface area contributed by atoms with Crippen LogP contribution < -0.4 is 10.1 Å². The lowest BCUT2D eigenvalue weighted by atomic mass is 10.1. The van der Waals surface area contributed by atoms with Gasteiger partial charge in [-0.15, -0.1) is 0 Å². The smallest absolute Gasteiger partial charge is 0.222 e. The van der Waals surface area contributed by atoms with Gasteiger partial charge in [0.2, 0.25) is 11.8 Å². The summed E-state index contributed by atoms with van der Waals surface area (Å²) in [6.07, 6.45) is 2.67. The highest BCUT2D eigenvalue weighted by Crippen LogP contribution is 2.14. The molecule has 25 heavy (non-hydrogen) atoms. The lowest BCUT2D eigenvalue weighted by molar-refractivity contribution is -0.127. The molecule has 1 aromatic rings. The summed E-state index contributed by atoms with van der Waals surface area (Å²) in [4.78, 5) is 37.2. The second kappa shape index (κ2) is 9.81. The molecule has 0 radical (unpaired) electrons. The molecular weight excluding hydrogens is 320 g/mol. The molecule has 1 fully saturated rings. The summed E-state index contributed by atoms with van der Waals surface area (Å²) >= 11 is 0. The first-order chi connectivity index (χ1) is 12.1. The van der Waals surface area contributed by atoms with E-state index in [1.54, 1.807) is 24.3 Å². The standard InChI is InChI=1S/C19H26N2O4/c1-2-25-16-8-6-15(7-9-16)17(22)10-11-18(23)20-12-4-14-21-13-3-5-19(21)24/h6-9H,2-5,10-14H2,1H3,(H,20,23). The van der Waals surface area contributed by atoms with Crippen LogP contribution in [0.15, 0.2) is 24.3 Å². The topological polar surface area (TPSA) is 75.7 Å². The van der Waals surface area contributed by atoms with Crippen LogP contribution in [-0.2, 0) is 9.59 Å². The molecule has 0 aromatic heterocycles. The van der Waals surface area contributed by atoms with Crippen LogP contribution in [0, 0.1) is 0 Å². The Kier molecular flexibility index (Phi) is 7.44. The third kappa shape index (κ3) is 6.21. The van der Waals surface area contributed by atoms with E-state index in [4.69, 9.17) is 4.74 Å². The summed E-state index contributed by atoms with van der Waals surface area (Å²) in [5, 5.41) is 2.81. The van der Waals surface area contributed by atoms with Crippen molar-refractivity contribution in [3.63, 3.8) is 0 Å². The molecule has 0 unspecified atom stereocenters. The molecule has 1 aromatic carbocycles. The highest BCUT2D eigenvalue weighted by Gasteiger charge is 2.19. The molecule has 1 heterocycles. The molecule has 1 N–H and O–H groups in total. The lowest BCUT2D eigenvalue weighted by Crippen LogP contribution is -2.30. The van der Waals surface area contributed by atoms with Crippen molar-refractivity contribution in [2.45, 2.75) is 39.0 Å². The quantitative estimate of drug-likeness (QED) is 0.520. The predicted octanol–water partition coefficient (Wildman–Crippen LogP) is 2.18. The third-order valence-electron chi connectivity index (χ3n) is 4.16. The first kappa shape index (κ1) is 19.0. The van der Waals surface area contributed by atoms with E-state index in [0.29, 0.717) is 31.7 Å². The molecule has 6 heteroatoms. The van der Waals surface area contributed by atoms with Gasteiger partial charge >= 0.3 is 0 Å². The van der Waals surface area contributed by atoms with E-state index in [2.05, 4.69) is 5.32 Å². The number of nitrogens with zero attached hydrogens (tertiary/aromatic N) is 1. The Morgan fingerprint density at radius 3 is 2.60 bits per heavy atom. The minimum absolute atomic E-state index is 0.0548. The van der Waals surface area contributed by atoms with Gasteiger partial charge in [0.1, 0.15) is 5.75 Å². The zero-order valence-electron chi connectivity index (χ0n) is 14.8. The Bertz CT molecular complexity index is 598. The van der Waals surface area contributed by atoms with Crippen molar-refractivity contribution in [2.24, 2.45) is 0 Å². The average Bonchev–Trinajstić information content (AvgIpc) is 3.02. The number of ether oxygens (including phenoxy) is 1. The van der Waals surface area contributed by atoms with Crippen molar-refractivity contribution < 1.29 is 19.1 Å². The van der Waals surface area contributed by atoms with E-state index < -0.39 is 0 Å². The summed E-state index contributed by atoms with van der Waals surface area (Å²) in [6.45, 7) is 4.52. The van der Waals surface area contributed by atoms with E-state index in [0.717, 1.165) is 25.1 Å². The first-order valence-electron chi connectivity index (χ1n) is 8.90. The zero-order valence-corrected chi connectivity index (χ0v) is 14.8. The summed E-state index contributed by atoms with van der Waals surface area (Å²) in [5.74, 6) is 0.744. The van der Waals surface area contributed by atoms with Gasteiger partial charge in [0.15, 0.2) is 5.78 Å². The maximum absolute atomic E-state index is 12.1. The Morgan fingerprint density at radius 2 is 1.96 bits per heavy atom. The number of benzene rings is 1. The molecule has 0 saturated carbocycles. The number of hydrogen-bond acceptors (Lipinski definition) is 4. The van der Waals surface area contributed by atoms with Crippen molar-refractivity contribution >= 4 is 17.6 Å². The van der Waals surface area contributed by atoms with Crippen LogP contribution in [0.1, 0.15) is 49.4 Å². The Balaban J connectivity index is 1.62. The number of nitrogens with one attached hydrogen (secondary N) is 1. The second-order valence-corrected chi connectivity index (χ2v) is 6.07. The van der Waals surface area contributed by atoms with Gasteiger partial charge in [0.25, 0.3) is 0 Å². The normalized spacial score (nSPS) is 13.8. The highest BCUT2D eigenvalue weighted by molar-refractivity contribution is 5.98. The largest absolute Gasteiger partial charge is 0.494 e. The van der Waals surface area contributed by atoms with Crippen LogP contribution in [-0.4, -0.2) is 48.7 Å². The lowest BCUT2D eigenvalue weighted by Gasteiger charge is -2.15. The van der Waals surface area contributed by atoms with Gasteiger partial charge in [-0.3, -0.25) is 14.4 Å². The minimum Gasteiger partial charge on any atom is -0.494 e. The maximum atomic E-state index is 12.1. The van der Waals surface area contributed by atoms with Crippen molar-refractivity contribution in [2.75, 3.05) is 26.2 Å². The van der Waals surface area contributed by atoms with Gasteiger partial charge in [-0.1, -0.05) is 0 Å². The van der Waals surface area contributed by atoms with Gasteiger partial charge in [0.05, 0.1) is 6.61 Å². The van der Waals surface area contributed by atoms with Gasteiger partial charge in [-0.2, -0.15) is 0 Å². The van der Waals surface area contributed by atoms with Crippen LogP contribution in [0.2, 0.25) is 0 Å². The van der Waals surface area contributed by atoms with Crippen molar-refractivity contribution in [3.05, 3.63) is 29.8 Å². The molecule has 0 spiro atoms. The molecule has 2 amide bonds. The van der Waals surface area contributed by atoms with Gasteiger partial charge in [-0.25, -0.2) is 0 Å². The third-order valence-corrected chi connectivity index (χ3v) is 4.16. The van der Waals surface area contributed by atoms with Crippen LogP contribution in [0.4, 0.5) is 0 Å². The Labute approximate surface area is 148 Å². The fourth-order valence-corrected chi connectivity index (χ4v) is 2.80. The van der Waals surface area contributed by atoms with Gasteiger partial charge < -0.3 is 15.0 Å². The predicted molar refractivity (Wildman–Crippen MR) is 94.6 cm³/mol. The van der Waals surface area contributed by atoms with Crippen molar-refractivity contribution in [1.82, 2.24) is 10.2 Å². The SMILES string of the molecule is CCOc1ccc(C(=O)CCC(=O)NCCCN2CCCC2=O)cc1. The van der Waals surface area contributed by atoms with Gasteiger partial charge in [-0.05, 0) is 44.0 Å². The van der Waals surface area contributed by atoms with Crippen LogP contribution in [0.25, 0.3) is 0 Å². The average molecular weight is 346 g/mol. The molecule has 1 saturated heterocycles. The number of Topliss-reactive ketones (excluding diaryl/α,β-unsaturated/α-hetero) is 1. The van der Waals surface area contributed by atoms with Crippen molar-refractivity contribution in [1.29, 1.82) is 0 Å². The zero-order chi connectivity index (χ0) is 18.1. The molecule has 0 atom stereocenters. The van der Waals surface area contributed by atoms with E-state index >= 15 is 0 Å². The van der Waals surface area contributed by atoms with Crippen LogP contribution >= 0.6 is 0 Å². The number of likely N-dealkylation sites (tertiary alicyclic amines) is 1. The molecule has 1 aliphatic rings.